The second kappa shape index (κ2) is 7.68. The Morgan fingerprint density at radius 2 is 1.96 bits per heavy atom. The molecule has 26 heavy (non-hydrogen) atoms. The van der Waals surface area contributed by atoms with Crippen LogP contribution >= 0.6 is 11.6 Å². The second-order valence-corrected chi connectivity index (χ2v) is 6.44. The van der Waals surface area contributed by atoms with Crippen LogP contribution in [0.5, 0.6) is 0 Å². The van der Waals surface area contributed by atoms with Crippen LogP contribution in [-0.2, 0) is 17.6 Å². The number of aliphatic hydroxyl groups excluding tert-OH is 1. The first-order chi connectivity index (χ1) is 12.5. The zero-order chi connectivity index (χ0) is 18.7. The highest BCUT2D eigenvalue weighted by atomic mass is 35.5. The standard InChI is InChI=1S/C19H19ClN4O2/c1-12-14(20)8-5-9-15(12)24-19(22-18(23-24)11-17(21)26)16(25)10-13-6-3-2-4-7-13/h2-9,16,25H,10-11H2,1H3,(H2,21,26)/t16-/m0/s1. The van der Waals surface area contributed by atoms with Crippen LogP contribution in [0.25, 0.3) is 5.69 Å². The summed E-state index contributed by atoms with van der Waals surface area (Å²) in [6.07, 6.45) is -0.628. The van der Waals surface area contributed by atoms with Gasteiger partial charge in [-0.05, 0) is 30.2 Å². The van der Waals surface area contributed by atoms with Gasteiger partial charge in [0.05, 0.1) is 12.1 Å². The van der Waals surface area contributed by atoms with E-state index in [1.807, 2.05) is 43.3 Å². The normalized spacial score (nSPS) is 12.1. The summed E-state index contributed by atoms with van der Waals surface area (Å²) in [7, 11) is 0. The van der Waals surface area contributed by atoms with Gasteiger partial charge in [-0.15, -0.1) is 0 Å². The van der Waals surface area contributed by atoms with Crippen LogP contribution in [0.2, 0.25) is 5.02 Å². The summed E-state index contributed by atoms with van der Waals surface area (Å²) in [5.41, 5.74) is 7.73. The molecule has 2 aromatic carbocycles. The van der Waals surface area contributed by atoms with Crippen molar-refractivity contribution in [1.82, 2.24) is 14.8 Å². The summed E-state index contributed by atoms with van der Waals surface area (Å²) in [4.78, 5) is 15.6. The number of hydrogen-bond acceptors (Lipinski definition) is 4. The molecule has 0 spiro atoms. The van der Waals surface area contributed by atoms with Crippen LogP contribution in [0, 0.1) is 6.92 Å². The minimum atomic E-state index is -0.898. The summed E-state index contributed by atoms with van der Waals surface area (Å²) in [6, 6.07) is 15.0. The molecule has 0 saturated heterocycles. The first kappa shape index (κ1) is 18.1. The average molecular weight is 371 g/mol. The Balaban J connectivity index is 2.03. The molecule has 3 rings (SSSR count). The van der Waals surface area contributed by atoms with E-state index in [9.17, 15) is 9.90 Å². The molecule has 0 aliphatic carbocycles. The van der Waals surface area contributed by atoms with Crippen LogP contribution in [0.1, 0.15) is 28.9 Å². The van der Waals surface area contributed by atoms with Gasteiger partial charge < -0.3 is 10.8 Å². The number of aromatic nitrogens is 3. The molecular formula is C19H19ClN4O2. The monoisotopic (exact) mass is 370 g/mol. The van der Waals surface area contributed by atoms with Gasteiger partial charge in [-0.25, -0.2) is 9.67 Å². The van der Waals surface area contributed by atoms with Crippen molar-refractivity contribution in [1.29, 1.82) is 0 Å². The van der Waals surface area contributed by atoms with Gasteiger partial charge in [0.2, 0.25) is 5.91 Å². The second-order valence-electron chi connectivity index (χ2n) is 6.03. The van der Waals surface area contributed by atoms with E-state index in [-0.39, 0.29) is 12.2 Å². The minimum Gasteiger partial charge on any atom is -0.385 e. The van der Waals surface area contributed by atoms with Crippen molar-refractivity contribution in [2.24, 2.45) is 5.73 Å². The summed E-state index contributed by atoms with van der Waals surface area (Å²) in [5, 5.41) is 15.7. The van der Waals surface area contributed by atoms with Crippen LogP contribution in [-0.4, -0.2) is 25.8 Å². The van der Waals surface area contributed by atoms with Gasteiger partial charge in [0.15, 0.2) is 11.6 Å². The van der Waals surface area contributed by atoms with E-state index < -0.39 is 12.0 Å². The SMILES string of the molecule is Cc1c(Cl)cccc1-n1nc(CC(N)=O)nc1[C@@H](O)Cc1ccccc1. The molecule has 1 aromatic heterocycles. The van der Waals surface area contributed by atoms with Gasteiger partial charge in [0, 0.05) is 11.4 Å². The van der Waals surface area contributed by atoms with Gasteiger partial charge in [0.25, 0.3) is 0 Å². The molecule has 1 heterocycles. The summed E-state index contributed by atoms with van der Waals surface area (Å²) >= 11 is 6.22. The predicted octanol–water partition coefficient (Wildman–Crippen LogP) is 2.53. The number of primary amides is 1. The molecule has 1 atom stereocenters. The fraction of sp³-hybridized carbons (Fsp3) is 0.211. The third-order valence-electron chi connectivity index (χ3n) is 4.05. The number of amides is 1. The van der Waals surface area contributed by atoms with Crippen molar-refractivity contribution in [3.63, 3.8) is 0 Å². The molecule has 0 fully saturated rings. The average Bonchev–Trinajstić information content (AvgIpc) is 3.01. The summed E-state index contributed by atoms with van der Waals surface area (Å²) in [6.45, 7) is 1.86. The summed E-state index contributed by atoms with van der Waals surface area (Å²) < 4.78 is 1.53. The number of halogens is 1. The van der Waals surface area contributed by atoms with E-state index in [4.69, 9.17) is 17.3 Å². The van der Waals surface area contributed by atoms with E-state index in [0.717, 1.165) is 11.1 Å². The highest BCUT2D eigenvalue weighted by Gasteiger charge is 2.21. The van der Waals surface area contributed by atoms with Crippen LogP contribution in [0.3, 0.4) is 0 Å². The van der Waals surface area contributed by atoms with Crippen molar-refractivity contribution >= 4 is 17.5 Å². The Morgan fingerprint density at radius 1 is 1.23 bits per heavy atom. The van der Waals surface area contributed by atoms with Crippen molar-refractivity contribution in [2.45, 2.75) is 25.9 Å². The maximum atomic E-state index is 11.3. The van der Waals surface area contributed by atoms with Crippen molar-refractivity contribution in [3.05, 3.63) is 76.3 Å². The molecule has 0 aliphatic heterocycles. The smallest absolute Gasteiger partial charge is 0.225 e. The predicted molar refractivity (Wildman–Crippen MR) is 99.1 cm³/mol. The zero-order valence-corrected chi connectivity index (χ0v) is 15.0. The van der Waals surface area contributed by atoms with E-state index in [0.29, 0.717) is 23.0 Å². The van der Waals surface area contributed by atoms with Crippen molar-refractivity contribution in [2.75, 3.05) is 0 Å². The molecular weight excluding hydrogens is 352 g/mol. The lowest BCUT2D eigenvalue weighted by atomic mass is 10.1. The van der Waals surface area contributed by atoms with E-state index in [2.05, 4.69) is 10.1 Å². The fourth-order valence-corrected chi connectivity index (χ4v) is 2.92. The molecule has 134 valence electrons. The molecule has 0 bridgehead atoms. The third kappa shape index (κ3) is 3.92. The quantitative estimate of drug-likeness (QED) is 0.697. The van der Waals surface area contributed by atoms with Crippen LogP contribution < -0.4 is 5.73 Å². The molecule has 0 saturated carbocycles. The molecule has 0 unspecified atom stereocenters. The Hall–Kier alpha value is -2.70. The van der Waals surface area contributed by atoms with Crippen molar-refractivity contribution < 1.29 is 9.90 Å². The first-order valence-corrected chi connectivity index (χ1v) is 8.55. The maximum Gasteiger partial charge on any atom is 0.225 e. The Bertz CT molecular complexity index is 925. The lowest BCUT2D eigenvalue weighted by Crippen LogP contribution is -2.14. The number of benzene rings is 2. The van der Waals surface area contributed by atoms with Crippen LogP contribution in [0.4, 0.5) is 0 Å². The van der Waals surface area contributed by atoms with E-state index >= 15 is 0 Å². The number of rotatable bonds is 6. The number of aliphatic hydroxyl groups is 1. The van der Waals surface area contributed by atoms with Gasteiger partial charge >= 0.3 is 0 Å². The fourth-order valence-electron chi connectivity index (χ4n) is 2.75. The van der Waals surface area contributed by atoms with Gasteiger partial charge in [-0.2, -0.15) is 5.10 Å². The lowest BCUT2D eigenvalue weighted by Gasteiger charge is -2.14. The highest BCUT2D eigenvalue weighted by molar-refractivity contribution is 6.31. The van der Waals surface area contributed by atoms with E-state index in [1.165, 1.54) is 4.68 Å². The van der Waals surface area contributed by atoms with Gasteiger partial charge in [0.1, 0.15) is 6.10 Å². The number of nitrogens with zero attached hydrogens (tertiary/aromatic N) is 3. The molecule has 7 heteroatoms. The van der Waals surface area contributed by atoms with Gasteiger partial charge in [-0.1, -0.05) is 48.0 Å². The van der Waals surface area contributed by atoms with Crippen molar-refractivity contribution in [3.8, 4) is 5.69 Å². The number of carbonyl (C=O) groups is 1. The van der Waals surface area contributed by atoms with E-state index in [1.54, 1.807) is 12.1 Å². The largest absolute Gasteiger partial charge is 0.385 e. The Morgan fingerprint density at radius 3 is 2.65 bits per heavy atom. The van der Waals surface area contributed by atoms with Crippen LogP contribution in [0.15, 0.2) is 48.5 Å². The topological polar surface area (TPSA) is 94.0 Å². The molecule has 0 aliphatic rings. The molecule has 6 nitrogen and oxygen atoms in total. The maximum absolute atomic E-state index is 11.3. The number of carbonyl (C=O) groups excluding carboxylic acids is 1. The number of hydrogen-bond donors (Lipinski definition) is 2. The number of nitrogens with two attached hydrogens (primary N) is 1. The zero-order valence-electron chi connectivity index (χ0n) is 14.3. The highest BCUT2D eigenvalue weighted by Crippen LogP contribution is 2.26. The van der Waals surface area contributed by atoms with Gasteiger partial charge in [-0.3, -0.25) is 4.79 Å². The molecule has 1 amide bonds. The third-order valence-corrected chi connectivity index (χ3v) is 4.46. The Labute approximate surface area is 156 Å². The Kier molecular flexibility index (Phi) is 5.35. The first-order valence-electron chi connectivity index (χ1n) is 8.17. The summed E-state index contributed by atoms with van der Waals surface area (Å²) in [5.74, 6) is 0.0727. The minimum absolute atomic E-state index is 0.0995. The molecule has 0 radical (unpaired) electrons. The lowest BCUT2D eigenvalue weighted by molar-refractivity contribution is -0.117. The molecule has 3 aromatic rings. The molecule has 3 N–H and O–H groups in total.